The molecule has 1 unspecified atom stereocenters. The molecule has 7 nitrogen and oxygen atoms in total. The number of alkyl halides is 3. The minimum Gasteiger partial charge on any atom is -0.320 e. The third-order valence-electron chi connectivity index (χ3n) is 4.68. The summed E-state index contributed by atoms with van der Waals surface area (Å²) >= 11 is 0. The first kappa shape index (κ1) is 24.4. The van der Waals surface area contributed by atoms with Crippen LogP contribution in [-0.2, 0) is 0 Å². The maximum Gasteiger partial charge on any atom is 0.434 e. The lowest BCUT2D eigenvalue weighted by atomic mass is 10.1. The molecule has 0 bridgehead atoms. The standard InChI is InChI=1S/C21H23F5N6O/c1-32(2)9-3-8-27-18-16(23)17(21(24,25)26)29-19(30-18)31-20(33)28-15-7-5-12-4-6-14(22)10-13(12)11-15/h4-7,10-11,18,27H,3,8-9H2,1-2H3,(H3,28,29,30,31,33). The molecular weight excluding hydrogens is 447 g/mol. The number of rotatable bonds is 6. The summed E-state index contributed by atoms with van der Waals surface area (Å²) in [5, 5.41) is 10.3. The highest BCUT2D eigenvalue weighted by Crippen LogP contribution is 2.30. The van der Waals surface area contributed by atoms with Crippen LogP contribution in [0, 0.1) is 5.82 Å². The van der Waals surface area contributed by atoms with Crippen molar-refractivity contribution >= 4 is 28.5 Å². The second kappa shape index (κ2) is 10.1. The molecule has 0 radical (unpaired) electrons. The molecule has 1 atom stereocenters. The topological polar surface area (TPSA) is 80.8 Å². The summed E-state index contributed by atoms with van der Waals surface area (Å²) in [7, 11) is 3.66. The summed E-state index contributed by atoms with van der Waals surface area (Å²) in [6, 6.07) is 7.93. The van der Waals surface area contributed by atoms with Crippen LogP contribution in [0.25, 0.3) is 10.8 Å². The molecule has 1 aliphatic rings. The first-order valence-corrected chi connectivity index (χ1v) is 10.00. The number of nitrogens with zero attached hydrogens (tertiary/aromatic N) is 2. The fraction of sp³-hybridized carbons (Fsp3) is 0.333. The number of anilines is 1. The van der Waals surface area contributed by atoms with E-state index in [9.17, 15) is 26.7 Å². The van der Waals surface area contributed by atoms with Gasteiger partial charge in [0.25, 0.3) is 0 Å². The molecule has 0 fully saturated rings. The minimum absolute atomic E-state index is 0.206. The van der Waals surface area contributed by atoms with Gasteiger partial charge in [0.15, 0.2) is 17.7 Å². The van der Waals surface area contributed by atoms with E-state index in [1.165, 1.54) is 18.2 Å². The van der Waals surface area contributed by atoms with Crippen molar-refractivity contribution < 1.29 is 26.7 Å². The van der Waals surface area contributed by atoms with Gasteiger partial charge in [-0.3, -0.25) is 10.6 Å². The molecule has 4 N–H and O–H groups in total. The van der Waals surface area contributed by atoms with Crippen LogP contribution in [0.4, 0.5) is 32.4 Å². The third-order valence-corrected chi connectivity index (χ3v) is 4.68. The maximum atomic E-state index is 14.4. The van der Waals surface area contributed by atoms with Crippen molar-refractivity contribution in [2.45, 2.75) is 18.8 Å². The van der Waals surface area contributed by atoms with E-state index in [1.807, 2.05) is 19.0 Å². The van der Waals surface area contributed by atoms with Gasteiger partial charge in [-0.1, -0.05) is 12.1 Å². The van der Waals surface area contributed by atoms with Crippen molar-refractivity contribution in [2.24, 2.45) is 4.99 Å². The van der Waals surface area contributed by atoms with Crippen molar-refractivity contribution in [1.82, 2.24) is 20.9 Å². The van der Waals surface area contributed by atoms with Crippen LogP contribution in [0.2, 0.25) is 0 Å². The van der Waals surface area contributed by atoms with Crippen molar-refractivity contribution in [1.29, 1.82) is 0 Å². The number of allylic oxidation sites excluding steroid dienone is 1. The Morgan fingerprint density at radius 1 is 1.09 bits per heavy atom. The van der Waals surface area contributed by atoms with E-state index in [4.69, 9.17) is 0 Å². The van der Waals surface area contributed by atoms with Crippen LogP contribution in [0.15, 0.2) is 52.9 Å². The molecule has 3 rings (SSSR count). The quantitative estimate of drug-likeness (QED) is 0.384. The van der Waals surface area contributed by atoms with Crippen molar-refractivity contribution in [3.8, 4) is 0 Å². The van der Waals surface area contributed by atoms with Gasteiger partial charge in [0.1, 0.15) is 5.82 Å². The summed E-state index contributed by atoms with van der Waals surface area (Å²) < 4.78 is 67.7. The van der Waals surface area contributed by atoms with E-state index in [2.05, 4.69) is 20.9 Å². The second-order valence-corrected chi connectivity index (χ2v) is 7.62. The fourth-order valence-electron chi connectivity index (χ4n) is 3.14. The van der Waals surface area contributed by atoms with Crippen molar-refractivity contribution in [2.75, 3.05) is 32.5 Å². The number of hydrogen-bond acceptors (Lipinski definition) is 5. The summed E-state index contributed by atoms with van der Waals surface area (Å²) in [5.41, 5.74) is -1.36. The zero-order valence-corrected chi connectivity index (χ0v) is 17.9. The largest absolute Gasteiger partial charge is 0.434 e. The van der Waals surface area contributed by atoms with Gasteiger partial charge in [0.2, 0.25) is 5.96 Å². The molecule has 1 aliphatic heterocycles. The molecular formula is C21H23F5N6O. The lowest BCUT2D eigenvalue weighted by Gasteiger charge is -2.26. The smallest absolute Gasteiger partial charge is 0.320 e. The molecule has 0 aliphatic carbocycles. The Bertz CT molecular complexity index is 1080. The van der Waals surface area contributed by atoms with Crippen LogP contribution in [-0.4, -0.2) is 56.4 Å². The molecule has 2 amide bonds. The zero-order chi connectivity index (χ0) is 24.2. The first-order valence-electron chi connectivity index (χ1n) is 10.00. The predicted molar refractivity (Wildman–Crippen MR) is 116 cm³/mol. The number of halogens is 5. The predicted octanol–water partition coefficient (Wildman–Crippen LogP) is 3.67. The number of carbonyl (C=O) groups is 1. The number of amides is 2. The Morgan fingerprint density at radius 3 is 2.52 bits per heavy atom. The number of hydrogen-bond donors (Lipinski definition) is 4. The minimum atomic E-state index is -5.02. The molecule has 2 aromatic rings. The van der Waals surface area contributed by atoms with Crippen LogP contribution in [0.5, 0.6) is 0 Å². The van der Waals surface area contributed by atoms with E-state index in [0.717, 1.165) is 5.39 Å². The van der Waals surface area contributed by atoms with Gasteiger partial charge in [-0.15, -0.1) is 0 Å². The molecule has 0 spiro atoms. The number of benzene rings is 2. The molecule has 178 valence electrons. The number of carbonyl (C=O) groups excluding carboxylic acids is 1. The second-order valence-electron chi connectivity index (χ2n) is 7.62. The van der Waals surface area contributed by atoms with E-state index in [1.54, 1.807) is 23.5 Å². The van der Waals surface area contributed by atoms with Gasteiger partial charge in [-0.05, 0) is 68.6 Å². The first-order chi connectivity index (χ1) is 15.5. The van der Waals surface area contributed by atoms with Gasteiger partial charge >= 0.3 is 12.2 Å². The number of guanidine groups is 1. The Kier molecular flexibility index (Phi) is 7.49. The highest BCUT2D eigenvalue weighted by molar-refractivity contribution is 6.04. The van der Waals surface area contributed by atoms with Gasteiger partial charge < -0.3 is 15.5 Å². The van der Waals surface area contributed by atoms with Gasteiger partial charge in [-0.2, -0.15) is 13.2 Å². The lowest BCUT2D eigenvalue weighted by molar-refractivity contribution is -0.0978. The summed E-state index contributed by atoms with van der Waals surface area (Å²) in [5.74, 6) is -2.55. The molecule has 0 saturated carbocycles. The average molecular weight is 470 g/mol. The van der Waals surface area contributed by atoms with E-state index in [-0.39, 0.29) is 12.2 Å². The van der Waals surface area contributed by atoms with Crippen LogP contribution < -0.4 is 21.3 Å². The highest BCUT2D eigenvalue weighted by Gasteiger charge is 2.42. The van der Waals surface area contributed by atoms with E-state index in [0.29, 0.717) is 18.4 Å². The van der Waals surface area contributed by atoms with E-state index < -0.39 is 41.7 Å². The van der Waals surface area contributed by atoms with Crippen molar-refractivity contribution in [3.05, 3.63) is 53.7 Å². The highest BCUT2D eigenvalue weighted by atomic mass is 19.4. The van der Waals surface area contributed by atoms with Crippen LogP contribution in [0.3, 0.4) is 0 Å². The van der Waals surface area contributed by atoms with Gasteiger partial charge in [-0.25, -0.2) is 18.6 Å². The molecule has 2 aromatic carbocycles. The number of fused-ring (bicyclic) bond motifs is 1. The van der Waals surface area contributed by atoms with E-state index >= 15 is 0 Å². The summed E-state index contributed by atoms with van der Waals surface area (Å²) in [6.07, 6.45) is -6.08. The van der Waals surface area contributed by atoms with Crippen LogP contribution in [0.1, 0.15) is 6.42 Å². The lowest BCUT2D eigenvalue weighted by Crippen LogP contribution is -2.50. The summed E-state index contributed by atoms with van der Waals surface area (Å²) in [4.78, 5) is 18.0. The van der Waals surface area contributed by atoms with Crippen molar-refractivity contribution in [3.63, 3.8) is 0 Å². The maximum absolute atomic E-state index is 14.4. The Labute approximate surface area is 186 Å². The molecule has 0 saturated heterocycles. The number of urea groups is 1. The third kappa shape index (κ3) is 6.62. The normalized spacial score (nSPS) is 16.6. The zero-order valence-electron chi connectivity index (χ0n) is 17.9. The molecule has 12 heteroatoms. The Hall–Kier alpha value is -3.25. The average Bonchev–Trinajstić information content (AvgIpc) is 2.71. The monoisotopic (exact) mass is 470 g/mol. The Balaban J connectivity index is 1.71. The number of aliphatic imine (C=N–C) groups is 1. The SMILES string of the molecule is CN(C)CCCNC1N=C(NC(=O)Nc2ccc3ccc(F)cc3c2)NC(C(F)(F)F)=C1F. The van der Waals surface area contributed by atoms with Gasteiger partial charge in [0, 0.05) is 5.69 Å². The Morgan fingerprint density at radius 2 is 1.82 bits per heavy atom. The summed E-state index contributed by atoms with van der Waals surface area (Å²) in [6.45, 7) is 0.848. The number of nitrogens with one attached hydrogen (secondary N) is 4. The fourth-order valence-corrected chi connectivity index (χ4v) is 3.14. The molecule has 33 heavy (non-hydrogen) atoms. The molecule has 0 aromatic heterocycles. The molecule has 1 heterocycles. The van der Waals surface area contributed by atoms with Crippen LogP contribution >= 0.6 is 0 Å². The van der Waals surface area contributed by atoms with Gasteiger partial charge in [0.05, 0.1) is 0 Å².